The number of aliphatic hydroxyl groups excluding tert-OH is 4. The first-order valence-corrected chi connectivity index (χ1v) is 9.17. The summed E-state index contributed by atoms with van der Waals surface area (Å²) in [6.07, 6.45) is -6.72. The van der Waals surface area contributed by atoms with Gasteiger partial charge in [-0.1, -0.05) is 42.5 Å². The summed E-state index contributed by atoms with van der Waals surface area (Å²) >= 11 is 0. The summed E-state index contributed by atoms with van der Waals surface area (Å²) < 4.78 is 15.9. The zero-order valence-electron chi connectivity index (χ0n) is 15.8. The molecule has 4 N–H and O–H groups in total. The molecule has 1 saturated heterocycles. The van der Waals surface area contributed by atoms with E-state index < -0.39 is 37.3 Å². The van der Waals surface area contributed by atoms with Crippen LogP contribution in [-0.4, -0.2) is 70.8 Å². The van der Waals surface area contributed by atoms with Gasteiger partial charge in [0.25, 0.3) is 0 Å². The highest BCUT2D eigenvalue weighted by atomic mass is 16.7. The molecule has 0 amide bonds. The summed E-state index contributed by atoms with van der Waals surface area (Å²) in [5, 5.41) is 39.4. The highest BCUT2D eigenvalue weighted by Crippen LogP contribution is 2.33. The molecule has 0 unspecified atom stereocenters. The molecule has 8 nitrogen and oxygen atoms in total. The third kappa shape index (κ3) is 4.75. The molecule has 8 heteroatoms. The quantitative estimate of drug-likeness (QED) is 0.505. The van der Waals surface area contributed by atoms with Gasteiger partial charge in [-0.3, -0.25) is 4.79 Å². The van der Waals surface area contributed by atoms with Crippen molar-refractivity contribution in [1.29, 1.82) is 0 Å². The van der Waals surface area contributed by atoms with E-state index >= 15 is 0 Å². The Morgan fingerprint density at radius 2 is 1.79 bits per heavy atom. The Morgan fingerprint density at radius 1 is 1.03 bits per heavy atom. The Labute approximate surface area is 167 Å². The molecule has 5 atom stereocenters. The molecule has 2 aromatic carbocycles. The van der Waals surface area contributed by atoms with E-state index in [-0.39, 0.29) is 12.4 Å². The van der Waals surface area contributed by atoms with Gasteiger partial charge in [0.1, 0.15) is 30.2 Å². The second-order valence-electron chi connectivity index (χ2n) is 6.76. The number of hydrogen-bond acceptors (Lipinski definition) is 8. The number of aliphatic hydroxyl groups is 4. The molecule has 0 saturated carbocycles. The number of benzene rings is 2. The Bertz CT molecular complexity index is 837. The Kier molecular flexibility index (Phi) is 6.83. The number of hydrogen-bond donors (Lipinski definition) is 4. The maximum absolute atomic E-state index is 11.6. The number of carbonyl (C=O) groups is 1. The van der Waals surface area contributed by atoms with E-state index in [1.165, 1.54) is 7.11 Å². The lowest BCUT2D eigenvalue weighted by atomic mass is 9.99. The van der Waals surface area contributed by atoms with Gasteiger partial charge in [0.05, 0.1) is 20.1 Å². The van der Waals surface area contributed by atoms with Crippen molar-refractivity contribution in [1.82, 2.24) is 0 Å². The standard InChI is InChI=1S/C21H24O8/c1-27-17(23)10-12-5-4-6-13(9-12)14-7-2-3-8-15(14)28-21-20(26)19(25)18(24)16(11-22)29-21/h2-9,16,18-22,24-26H,10-11H2,1H3/t16-,18-,19+,20+,21+/m1/s1. The number of esters is 1. The van der Waals surface area contributed by atoms with Crippen molar-refractivity contribution in [3.05, 3.63) is 54.1 Å². The summed E-state index contributed by atoms with van der Waals surface area (Å²) in [7, 11) is 1.33. The van der Waals surface area contributed by atoms with Gasteiger partial charge >= 0.3 is 5.97 Å². The minimum Gasteiger partial charge on any atom is -0.469 e. The van der Waals surface area contributed by atoms with Crippen LogP contribution in [0, 0.1) is 0 Å². The van der Waals surface area contributed by atoms with Crippen LogP contribution in [0.15, 0.2) is 48.5 Å². The minimum atomic E-state index is -1.53. The lowest BCUT2D eigenvalue weighted by molar-refractivity contribution is -0.277. The predicted molar refractivity (Wildman–Crippen MR) is 102 cm³/mol. The van der Waals surface area contributed by atoms with E-state index in [0.717, 1.165) is 11.1 Å². The van der Waals surface area contributed by atoms with Gasteiger partial charge in [-0.15, -0.1) is 0 Å². The first kappa shape index (κ1) is 21.2. The van der Waals surface area contributed by atoms with E-state index in [4.69, 9.17) is 14.2 Å². The first-order chi connectivity index (χ1) is 13.9. The molecular weight excluding hydrogens is 380 g/mol. The van der Waals surface area contributed by atoms with Gasteiger partial charge in [0.15, 0.2) is 0 Å². The number of methoxy groups -OCH3 is 1. The summed E-state index contributed by atoms with van der Waals surface area (Å²) in [5.41, 5.74) is 2.21. The number of rotatable bonds is 6. The zero-order chi connectivity index (χ0) is 21.0. The van der Waals surface area contributed by atoms with Crippen LogP contribution in [0.1, 0.15) is 5.56 Å². The topological polar surface area (TPSA) is 126 Å². The molecule has 0 spiro atoms. The predicted octanol–water partition coefficient (Wildman–Crippen LogP) is 0.248. The van der Waals surface area contributed by atoms with Gasteiger partial charge in [0.2, 0.25) is 6.29 Å². The number of ether oxygens (including phenoxy) is 3. The highest BCUT2D eigenvalue weighted by Gasteiger charge is 2.44. The molecule has 0 radical (unpaired) electrons. The molecule has 0 aliphatic carbocycles. The van der Waals surface area contributed by atoms with Gasteiger partial charge in [-0.05, 0) is 17.2 Å². The summed E-state index contributed by atoms with van der Waals surface area (Å²) in [6.45, 7) is -0.540. The van der Waals surface area contributed by atoms with Crippen molar-refractivity contribution in [2.75, 3.05) is 13.7 Å². The fourth-order valence-electron chi connectivity index (χ4n) is 3.19. The van der Waals surface area contributed by atoms with Crippen LogP contribution in [0.4, 0.5) is 0 Å². The Morgan fingerprint density at radius 3 is 2.52 bits per heavy atom. The van der Waals surface area contributed by atoms with E-state index in [1.54, 1.807) is 24.3 Å². The van der Waals surface area contributed by atoms with Crippen molar-refractivity contribution < 1.29 is 39.4 Å². The largest absolute Gasteiger partial charge is 0.469 e. The van der Waals surface area contributed by atoms with E-state index in [1.807, 2.05) is 24.3 Å². The molecule has 3 rings (SSSR count). The molecule has 0 bridgehead atoms. The van der Waals surface area contributed by atoms with Crippen LogP contribution < -0.4 is 4.74 Å². The van der Waals surface area contributed by atoms with E-state index in [0.29, 0.717) is 11.3 Å². The average molecular weight is 404 g/mol. The fraction of sp³-hybridized carbons (Fsp3) is 0.381. The van der Waals surface area contributed by atoms with Gasteiger partial charge in [-0.2, -0.15) is 0 Å². The molecule has 1 aliphatic heterocycles. The molecule has 0 aromatic heterocycles. The third-order valence-corrected chi connectivity index (χ3v) is 4.79. The van der Waals surface area contributed by atoms with Crippen LogP contribution in [0.3, 0.4) is 0 Å². The van der Waals surface area contributed by atoms with Gasteiger partial charge in [-0.25, -0.2) is 0 Å². The Hall–Kier alpha value is -2.49. The Balaban J connectivity index is 1.86. The monoisotopic (exact) mass is 404 g/mol. The second kappa shape index (κ2) is 9.34. The maximum Gasteiger partial charge on any atom is 0.309 e. The molecule has 2 aromatic rings. The highest BCUT2D eigenvalue weighted by molar-refractivity contribution is 5.75. The zero-order valence-corrected chi connectivity index (χ0v) is 15.8. The van der Waals surface area contributed by atoms with Crippen LogP contribution in [-0.2, 0) is 20.7 Å². The van der Waals surface area contributed by atoms with Gasteiger partial charge in [0, 0.05) is 5.56 Å². The smallest absolute Gasteiger partial charge is 0.309 e. The summed E-state index contributed by atoms with van der Waals surface area (Å²) in [4.78, 5) is 11.6. The summed E-state index contributed by atoms with van der Waals surface area (Å²) in [6, 6.07) is 14.3. The number of para-hydroxylation sites is 1. The average Bonchev–Trinajstić information content (AvgIpc) is 2.74. The molecular formula is C21H24O8. The summed E-state index contributed by atoms with van der Waals surface area (Å²) in [5.74, 6) is 0.0139. The van der Waals surface area contributed by atoms with Crippen LogP contribution in [0.2, 0.25) is 0 Å². The van der Waals surface area contributed by atoms with Crippen LogP contribution >= 0.6 is 0 Å². The lowest BCUT2D eigenvalue weighted by Crippen LogP contribution is -2.60. The van der Waals surface area contributed by atoms with Crippen molar-refractivity contribution >= 4 is 5.97 Å². The van der Waals surface area contributed by atoms with E-state index in [9.17, 15) is 25.2 Å². The number of carbonyl (C=O) groups excluding carboxylic acids is 1. The third-order valence-electron chi connectivity index (χ3n) is 4.79. The van der Waals surface area contributed by atoms with Gasteiger partial charge < -0.3 is 34.6 Å². The van der Waals surface area contributed by atoms with Crippen LogP contribution in [0.5, 0.6) is 5.75 Å². The maximum atomic E-state index is 11.6. The normalized spacial score (nSPS) is 26.7. The lowest BCUT2D eigenvalue weighted by Gasteiger charge is -2.39. The molecule has 1 aliphatic rings. The fourth-order valence-corrected chi connectivity index (χ4v) is 3.19. The van der Waals surface area contributed by atoms with E-state index in [2.05, 4.69) is 0 Å². The second-order valence-corrected chi connectivity index (χ2v) is 6.76. The molecule has 1 heterocycles. The van der Waals surface area contributed by atoms with Crippen molar-refractivity contribution in [2.45, 2.75) is 37.1 Å². The molecule has 1 fully saturated rings. The first-order valence-electron chi connectivity index (χ1n) is 9.17. The van der Waals surface area contributed by atoms with Crippen molar-refractivity contribution in [3.8, 4) is 16.9 Å². The van der Waals surface area contributed by atoms with Crippen molar-refractivity contribution in [2.24, 2.45) is 0 Å². The van der Waals surface area contributed by atoms with Crippen molar-refractivity contribution in [3.63, 3.8) is 0 Å². The SMILES string of the molecule is COC(=O)Cc1cccc(-c2ccccc2O[C@H]2O[C@H](CO)[C@@H](O)[C@H](O)[C@@H]2O)c1. The minimum absolute atomic E-state index is 0.125. The van der Waals surface area contributed by atoms with Crippen LogP contribution in [0.25, 0.3) is 11.1 Å². The molecule has 29 heavy (non-hydrogen) atoms. The molecule has 156 valence electrons.